The molecule has 0 aliphatic heterocycles. The largest absolute Gasteiger partial charge is 0.416 e. The second-order valence-corrected chi connectivity index (χ2v) is 5.93. The zero-order valence-electron chi connectivity index (χ0n) is 10.6. The van der Waals surface area contributed by atoms with E-state index in [1.54, 1.807) is 0 Å². The molecule has 0 bridgehead atoms. The first-order chi connectivity index (χ1) is 8.97. The minimum atomic E-state index is -4.29. The fourth-order valence-corrected chi connectivity index (χ4v) is 3.00. The number of hydrogen-bond acceptors (Lipinski definition) is 1. The standard InChI is InChI=1S/C14H17BrF3N/c15-12-8-11(14(16,17)18)6-7-13(12)19-9-10-4-2-1-3-5-10/h6-8,10,19H,1-5,9H2. The molecule has 0 atom stereocenters. The van der Waals surface area contributed by atoms with E-state index in [9.17, 15) is 13.2 Å². The number of benzene rings is 1. The molecule has 1 aromatic rings. The zero-order valence-corrected chi connectivity index (χ0v) is 12.1. The Hall–Kier alpha value is -0.710. The second-order valence-electron chi connectivity index (χ2n) is 5.08. The molecule has 0 aromatic heterocycles. The molecule has 1 aliphatic carbocycles. The van der Waals surface area contributed by atoms with E-state index >= 15 is 0 Å². The topological polar surface area (TPSA) is 12.0 Å². The van der Waals surface area contributed by atoms with Crippen LogP contribution in [-0.2, 0) is 6.18 Å². The van der Waals surface area contributed by atoms with Crippen molar-refractivity contribution in [3.63, 3.8) is 0 Å². The van der Waals surface area contributed by atoms with Crippen molar-refractivity contribution in [1.82, 2.24) is 0 Å². The maximum Gasteiger partial charge on any atom is 0.416 e. The molecule has 5 heteroatoms. The second kappa shape index (κ2) is 6.16. The summed E-state index contributed by atoms with van der Waals surface area (Å²) in [4.78, 5) is 0. The van der Waals surface area contributed by atoms with Gasteiger partial charge in [-0.15, -0.1) is 0 Å². The summed E-state index contributed by atoms with van der Waals surface area (Å²) < 4.78 is 38.1. The van der Waals surface area contributed by atoms with Gasteiger partial charge in [0.1, 0.15) is 0 Å². The highest BCUT2D eigenvalue weighted by Crippen LogP contribution is 2.34. The minimum absolute atomic E-state index is 0.470. The van der Waals surface area contributed by atoms with Crippen LogP contribution in [0.4, 0.5) is 18.9 Å². The third-order valence-electron chi connectivity index (χ3n) is 3.60. The summed E-state index contributed by atoms with van der Waals surface area (Å²) in [7, 11) is 0. The minimum Gasteiger partial charge on any atom is -0.384 e. The summed E-state index contributed by atoms with van der Waals surface area (Å²) in [6, 6.07) is 3.74. The molecule has 106 valence electrons. The van der Waals surface area contributed by atoms with Crippen LogP contribution in [0.3, 0.4) is 0 Å². The fourth-order valence-electron chi connectivity index (χ4n) is 2.48. The van der Waals surface area contributed by atoms with Gasteiger partial charge >= 0.3 is 6.18 Å². The van der Waals surface area contributed by atoms with Crippen molar-refractivity contribution in [3.8, 4) is 0 Å². The summed E-state index contributed by atoms with van der Waals surface area (Å²) >= 11 is 3.20. The summed E-state index contributed by atoms with van der Waals surface area (Å²) in [5.41, 5.74) is 0.112. The third kappa shape index (κ3) is 4.13. The third-order valence-corrected chi connectivity index (χ3v) is 4.26. The van der Waals surface area contributed by atoms with Gasteiger partial charge in [0.2, 0.25) is 0 Å². The first kappa shape index (κ1) is 14.7. The van der Waals surface area contributed by atoms with Crippen LogP contribution in [0.25, 0.3) is 0 Å². The van der Waals surface area contributed by atoms with Gasteiger partial charge in [-0.1, -0.05) is 19.3 Å². The number of halogens is 4. The molecule has 1 aliphatic rings. The molecule has 1 fully saturated rings. The molecule has 2 rings (SSSR count). The first-order valence-corrected chi connectivity index (χ1v) is 7.37. The highest BCUT2D eigenvalue weighted by atomic mass is 79.9. The summed E-state index contributed by atoms with van der Waals surface area (Å²) in [5, 5.41) is 3.25. The first-order valence-electron chi connectivity index (χ1n) is 6.57. The molecule has 0 saturated heterocycles. The van der Waals surface area contributed by atoms with Crippen LogP contribution in [0.2, 0.25) is 0 Å². The average molecular weight is 336 g/mol. The number of hydrogen-bond donors (Lipinski definition) is 1. The summed E-state index contributed by atoms with van der Waals surface area (Å²) in [5.74, 6) is 0.642. The van der Waals surface area contributed by atoms with Gasteiger partial charge in [0.25, 0.3) is 0 Å². The Kier molecular flexibility index (Phi) is 4.76. The van der Waals surface area contributed by atoms with E-state index in [1.807, 2.05) is 0 Å². The Balaban J connectivity index is 1.97. The van der Waals surface area contributed by atoms with Crippen molar-refractivity contribution >= 4 is 21.6 Å². The highest BCUT2D eigenvalue weighted by Gasteiger charge is 2.30. The van der Waals surface area contributed by atoms with Gasteiger partial charge in [-0.2, -0.15) is 13.2 Å². The monoisotopic (exact) mass is 335 g/mol. The van der Waals surface area contributed by atoms with Gasteiger partial charge in [-0.3, -0.25) is 0 Å². The number of alkyl halides is 3. The van der Waals surface area contributed by atoms with E-state index in [0.29, 0.717) is 10.4 Å². The van der Waals surface area contributed by atoms with E-state index in [-0.39, 0.29) is 0 Å². The van der Waals surface area contributed by atoms with Crippen LogP contribution in [0, 0.1) is 5.92 Å². The Morgan fingerprint density at radius 3 is 2.42 bits per heavy atom. The fraction of sp³-hybridized carbons (Fsp3) is 0.571. The van der Waals surface area contributed by atoms with Gasteiger partial charge in [0, 0.05) is 16.7 Å². The SMILES string of the molecule is FC(F)(F)c1ccc(NCC2CCCCC2)c(Br)c1. The molecule has 0 heterocycles. The van der Waals surface area contributed by atoms with E-state index in [0.717, 1.165) is 24.4 Å². The predicted molar refractivity (Wildman–Crippen MR) is 74.2 cm³/mol. The zero-order chi connectivity index (χ0) is 13.9. The van der Waals surface area contributed by atoms with Crippen molar-refractivity contribution in [2.75, 3.05) is 11.9 Å². The highest BCUT2D eigenvalue weighted by molar-refractivity contribution is 9.10. The lowest BCUT2D eigenvalue weighted by Gasteiger charge is -2.22. The van der Waals surface area contributed by atoms with Gasteiger partial charge in [-0.05, 0) is 52.9 Å². The summed E-state index contributed by atoms with van der Waals surface area (Å²) in [6.45, 7) is 0.837. The van der Waals surface area contributed by atoms with Gasteiger partial charge in [0.15, 0.2) is 0 Å². The van der Waals surface area contributed by atoms with Crippen LogP contribution < -0.4 is 5.32 Å². The van der Waals surface area contributed by atoms with Crippen LogP contribution in [0.15, 0.2) is 22.7 Å². The maximum atomic E-state index is 12.5. The van der Waals surface area contributed by atoms with E-state index < -0.39 is 11.7 Å². The maximum absolute atomic E-state index is 12.5. The van der Waals surface area contributed by atoms with Crippen molar-refractivity contribution in [2.24, 2.45) is 5.92 Å². The molecule has 0 unspecified atom stereocenters. The van der Waals surface area contributed by atoms with Gasteiger partial charge in [0.05, 0.1) is 5.56 Å². The van der Waals surface area contributed by atoms with Crippen molar-refractivity contribution < 1.29 is 13.2 Å². The van der Waals surface area contributed by atoms with Crippen LogP contribution in [-0.4, -0.2) is 6.54 Å². The molecular weight excluding hydrogens is 319 g/mol. The van der Waals surface area contributed by atoms with E-state index in [4.69, 9.17) is 0 Å². The number of anilines is 1. The Morgan fingerprint density at radius 1 is 1.16 bits per heavy atom. The van der Waals surface area contributed by atoms with Crippen LogP contribution >= 0.6 is 15.9 Å². The van der Waals surface area contributed by atoms with E-state index in [2.05, 4.69) is 21.2 Å². The lowest BCUT2D eigenvalue weighted by Crippen LogP contribution is -2.17. The molecule has 1 N–H and O–H groups in total. The molecule has 19 heavy (non-hydrogen) atoms. The number of nitrogens with one attached hydrogen (secondary N) is 1. The molecule has 0 spiro atoms. The normalized spacial score (nSPS) is 17.5. The average Bonchev–Trinajstić information content (AvgIpc) is 2.37. The molecule has 1 aromatic carbocycles. The lowest BCUT2D eigenvalue weighted by molar-refractivity contribution is -0.137. The Bertz CT molecular complexity index is 425. The van der Waals surface area contributed by atoms with Gasteiger partial charge < -0.3 is 5.32 Å². The van der Waals surface area contributed by atoms with Crippen molar-refractivity contribution in [1.29, 1.82) is 0 Å². The molecule has 0 amide bonds. The molecule has 1 saturated carbocycles. The Morgan fingerprint density at radius 2 is 1.84 bits per heavy atom. The van der Waals surface area contributed by atoms with Crippen molar-refractivity contribution in [3.05, 3.63) is 28.2 Å². The number of rotatable bonds is 3. The molecule has 0 radical (unpaired) electrons. The van der Waals surface area contributed by atoms with Crippen LogP contribution in [0.1, 0.15) is 37.7 Å². The quantitative estimate of drug-likeness (QED) is 0.773. The summed E-state index contributed by atoms with van der Waals surface area (Å²) in [6.07, 6.45) is 1.97. The van der Waals surface area contributed by atoms with Crippen molar-refractivity contribution in [2.45, 2.75) is 38.3 Å². The van der Waals surface area contributed by atoms with Crippen LogP contribution in [0.5, 0.6) is 0 Å². The van der Waals surface area contributed by atoms with E-state index in [1.165, 1.54) is 38.2 Å². The Labute approximate surface area is 119 Å². The molecule has 1 nitrogen and oxygen atoms in total. The predicted octanol–water partition coefficient (Wildman–Crippen LogP) is 5.46. The van der Waals surface area contributed by atoms with Gasteiger partial charge in [-0.25, -0.2) is 0 Å². The molecular formula is C14H17BrF3N. The smallest absolute Gasteiger partial charge is 0.384 e. The lowest BCUT2D eigenvalue weighted by atomic mass is 9.89.